The van der Waals surface area contributed by atoms with E-state index < -0.39 is 0 Å². The summed E-state index contributed by atoms with van der Waals surface area (Å²) in [7, 11) is 0. The van der Waals surface area contributed by atoms with Crippen molar-refractivity contribution in [3.63, 3.8) is 0 Å². The lowest BCUT2D eigenvalue weighted by atomic mass is 10.0. The molecule has 5 nitrogen and oxygen atoms in total. The zero-order chi connectivity index (χ0) is 17.1. The molecule has 0 aliphatic heterocycles. The van der Waals surface area contributed by atoms with Gasteiger partial charge in [0.1, 0.15) is 0 Å². The first-order valence-electron chi connectivity index (χ1n) is 7.55. The minimum Gasteiger partial charge on any atom is -0.466 e. The number of esters is 1. The number of carbonyl (C=O) groups is 3. The lowest BCUT2D eigenvalue weighted by molar-refractivity contribution is -0.143. The van der Waals surface area contributed by atoms with Crippen molar-refractivity contribution in [2.75, 3.05) is 13.2 Å². The number of Topliss-reactive ketones (excluding diaryl/α,β-unsaturated/α-hetero) is 1. The van der Waals surface area contributed by atoms with Crippen molar-refractivity contribution < 1.29 is 19.1 Å². The SMILES string of the molecule is CCOC(=O)CCC(=O)c1ccc(C#CCCNC(C)=O)cc1. The second kappa shape index (κ2) is 10.2. The molecule has 0 aliphatic carbocycles. The van der Waals surface area contributed by atoms with Crippen LogP contribution in [0.5, 0.6) is 0 Å². The van der Waals surface area contributed by atoms with Crippen molar-refractivity contribution in [2.45, 2.75) is 33.1 Å². The van der Waals surface area contributed by atoms with Crippen LogP contribution in [0, 0.1) is 11.8 Å². The van der Waals surface area contributed by atoms with Gasteiger partial charge in [0, 0.05) is 37.4 Å². The number of ketones is 1. The van der Waals surface area contributed by atoms with Crippen molar-refractivity contribution in [3.8, 4) is 11.8 Å². The smallest absolute Gasteiger partial charge is 0.306 e. The third-order valence-electron chi connectivity index (χ3n) is 2.93. The zero-order valence-electron chi connectivity index (χ0n) is 13.5. The van der Waals surface area contributed by atoms with E-state index in [1.165, 1.54) is 6.92 Å². The molecule has 1 aromatic rings. The first-order valence-corrected chi connectivity index (χ1v) is 7.55. The molecule has 0 heterocycles. The predicted octanol–water partition coefficient (Wildman–Crippen LogP) is 2.09. The van der Waals surface area contributed by atoms with Crippen molar-refractivity contribution in [3.05, 3.63) is 35.4 Å². The predicted molar refractivity (Wildman–Crippen MR) is 86.8 cm³/mol. The normalized spacial score (nSPS) is 9.48. The van der Waals surface area contributed by atoms with Gasteiger partial charge in [-0.25, -0.2) is 0 Å². The minimum absolute atomic E-state index is 0.0718. The number of amides is 1. The van der Waals surface area contributed by atoms with E-state index in [0.29, 0.717) is 25.1 Å². The van der Waals surface area contributed by atoms with Crippen LogP contribution in [0.25, 0.3) is 0 Å². The molecule has 0 saturated heterocycles. The van der Waals surface area contributed by atoms with Gasteiger partial charge in [-0.05, 0) is 19.1 Å². The summed E-state index contributed by atoms with van der Waals surface area (Å²) in [6.45, 7) is 4.04. The highest BCUT2D eigenvalue weighted by molar-refractivity contribution is 5.97. The van der Waals surface area contributed by atoms with E-state index in [0.717, 1.165) is 5.56 Å². The largest absolute Gasteiger partial charge is 0.466 e. The van der Waals surface area contributed by atoms with Crippen LogP contribution in [0.15, 0.2) is 24.3 Å². The summed E-state index contributed by atoms with van der Waals surface area (Å²) in [5.41, 5.74) is 1.35. The van der Waals surface area contributed by atoms with Crippen LogP contribution in [0.3, 0.4) is 0 Å². The number of rotatable bonds is 7. The molecule has 1 N–H and O–H groups in total. The van der Waals surface area contributed by atoms with Crippen molar-refractivity contribution in [1.29, 1.82) is 0 Å². The maximum Gasteiger partial charge on any atom is 0.306 e. The van der Waals surface area contributed by atoms with Gasteiger partial charge in [0.25, 0.3) is 0 Å². The fourth-order valence-electron chi connectivity index (χ4n) is 1.80. The molecule has 0 bridgehead atoms. The second-order valence-corrected chi connectivity index (χ2v) is 4.84. The first kappa shape index (κ1) is 18.4. The molecule has 23 heavy (non-hydrogen) atoms. The Morgan fingerprint density at radius 2 is 1.83 bits per heavy atom. The molecule has 0 atom stereocenters. The summed E-state index contributed by atoms with van der Waals surface area (Å²) < 4.78 is 4.79. The average molecular weight is 315 g/mol. The number of carbonyl (C=O) groups excluding carboxylic acids is 3. The number of hydrogen-bond donors (Lipinski definition) is 1. The third-order valence-corrected chi connectivity index (χ3v) is 2.93. The van der Waals surface area contributed by atoms with Crippen LogP contribution < -0.4 is 5.32 Å². The molecule has 5 heteroatoms. The zero-order valence-corrected chi connectivity index (χ0v) is 13.5. The van der Waals surface area contributed by atoms with Crippen molar-refractivity contribution in [1.82, 2.24) is 5.32 Å². The highest BCUT2D eigenvalue weighted by atomic mass is 16.5. The molecule has 0 fully saturated rings. The van der Waals surface area contributed by atoms with Crippen LogP contribution >= 0.6 is 0 Å². The molecule has 1 rings (SSSR count). The van der Waals surface area contributed by atoms with Crippen molar-refractivity contribution in [2.24, 2.45) is 0 Å². The van der Waals surface area contributed by atoms with Gasteiger partial charge in [-0.15, -0.1) is 0 Å². The van der Waals surface area contributed by atoms with E-state index in [1.807, 2.05) is 0 Å². The highest BCUT2D eigenvalue weighted by Crippen LogP contribution is 2.08. The van der Waals surface area contributed by atoms with Crippen LogP contribution in [0.4, 0.5) is 0 Å². The van der Waals surface area contributed by atoms with Gasteiger partial charge in [0.05, 0.1) is 13.0 Å². The van der Waals surface area contributed by atoms with E-state index in [4.69, 9.17) is 4.74 Å². The van der Waals surface area contributed by atoms with Gasteiger partial charge in [-0.3, -0.25) is 14.4 Å². The number of ether oxygens (including phenoxy) is 1. The van der Waals surface area contributed by atoms with Crippen LogP contribution in [-0.2, 0) is 14.3 Å². The topological polar surface area (TPSA) is 72.5 Å². The number of benzene rings is 1. The number of hydrogen-bond acceptors (Lipinski definition) is 4. The maximum absolute atomic E-state index is 11.9. The van der Waals surface area contributed by atoms with Gasteiger partial charge < -0.3 is 10.1 Å². The molecule has 0 radical (unpaired) electrons. The Morgan fingerprint density at radius 1 is 1.13 bits per heavy atom. The fourth-order valence-corrected chi connectivity index (χ4v) is 1.80. The van der Waals surface area contributed by atoms with E-state index in [1.54, 1.807) is 31.2 Å². The Labute approximate surface area is 136 Å². The summed E-state index contributed by atoms with van der Waals surface area (Å²) in [6, 6.07) is 6.93. The Morgan fingerprint density at radius 3 is 2.43 bits per heavy atom. The lowest BCUT2D eigenvalue weighted by Gasteiger charge is -2.02. The second-order valence-electron chi connectivity index (χ2n) is 4.84. The van der Waals surface area contributed by atoms with Gasteiger partial charge in [-0.2, -0.15) is 0 Å². The molecular formula is C18H21NO4. The highest BCUT2D eigenvalue weighted by Gasteiger charge is 2.09. The quantitative estimate of drug-likeness (QED) is 0.362. The molecule has 1 aromatic carbocycles. The van der Waals surface area contributed by atoms with Crippen molar-refractivity contribution >= 4 is 17.7 Å². The van der Waals surface area contributed by atoms with Gasteiger partial charge in [-0.1, -0.05) is 24.0 Å². The molecule has 122 valence electrons. The molecule has 0 unspecified atom stereocenters. The van der Waals surface area contributed by atoms with Crippen LogP contribution in [-0.4, -0.2) is 30.8 Å². The summed E-state index contributed by atoms with van der Waals surface area (Å²) in [5.74, 6) is 5.39. The van der Waals surface area contributed by atoms with E-state index >= 15 is 0 Å². The fraction of sp³-hybridized carbons (Fsp3) is 0.389. The maximum atomic E-state index is 11.9. The third kappa shape index (κ3) is 7.82. The molecule has 0 saturated carbocycles. The van der Waals surface area contributed by atoms with Crippen LogP contribution in [0.2, 0.25) is 0 Å². The first-order chi connectivity index (χ1) is 11.0. The van der Waals surface area contributed by atoms with Gasteiger partial charge in [0.2, 0.25) is 5.91 Å². The van der Waals surface area contributed by atoms with E-state index in [9.17, 15) is 14.4 Å². The minimum atomic E-state index is -0.359. The number of nitrogens with one attached hydrogen (secondary N) is 1. The molecular weight excluding hydrogens is 294 g/mol. The molecule has 0 aromatic heterocycles. The van der Waals surface area contributed by atoms with E-state index in [2.05, 4.69) is 17.2 Å². The van der Waals surface area contributed by atoms with E-state index in [-0.39, 0.29) is 30.5 Å². The summed E-state index contributed by atoms with van der Waals surface area (Å²) in [5, 5.41) is 2.66. The van der Waals surface area contributed by atoms with Gasteiger partial charge in [0.15, 0.2) is 5.78 Å². The van der Waals surface area contributed by atoms with Crippen LogP contribution in [0.1, 0.15) is 49.0 Å². The average Bonchev–Trinajstić information content (AvgIpc) is 2.53. The summed E-state index contributed by atoms with van der Waals surface area (Å²) in [6.07, 6.45) is 0.803. The Bertz CT molecular complexity index is 608. The Balaban J connectivity index is 2.46. The summed E-state index contributed by atoms with van der Waals surface area (Å²) >= 11 is 0. The van der Waals surface area contributed by atoms with Gasteiger partial charge >= 0.3 is 5.97 Å². The molecule has 0 spiro atoms. The molecule has 1 amide bonds. The Hall–Kier alpha value is -2.61. The standard InChI is InChI=1S/C18H21NO4/c1-3-23-18(22)12-11-17(21)16-9-7-15(8-10-16)6-4-5-13-19-14(2)20/h7-10H,3,5,11-13H2,1-2H3,(H,19,20). The summed E-state index contributed by atoms with van der Waals surface area (Å²) in [4.78, 5) is 33.9. The lowest BCUT2D eigenvalue weighted by Crippen LogP contribution is -2.20. The Kier molecular flexibility index (Phi) is 8.16. The molecule has 0 aliphatic rings. The monoisotopic (exact) mass is 315 g/mol.